The standard InChI is InChI=1S/C14H18N4O3S/c1-10-4-2-3-5-12(10)22(20,21)18-8-6-11(7-9-18)13-15-14(19)17-16-13/h2-5,11H,6-9H2,1H3,(H2,15,16,17,19). The lowest BCUT2D eigenvalue weighted by Crippen LogP contribution is -2.38. The van der Waals surface area contributed by atoms with Crippen LogP contribution >= 0.6 is 0 Å². The molecule has 7 nitrogen and oxygen atoms in total. The summed E-state index contributed by atoms with van der Waals surface area (Å²) >= 11 is 0. The van der Waals surface area contributed by atoms with Gasteiger partial charge >= 0.3 is 5.69 Å². The van der Waals surface area contributed by atoms with Crippen LogP contribution in [-0.4, -0.2) is 41.0 Å². The Morgan fingerprint density at radius 1 is 1.23 bits per heavy atom. The number of sulfonamides is 1. The quantitative estimate of drug-likeness (QED) is 0.879. The van der Waals surface area contributed by atoms with E-state index in [0.717, 1.165) is 5.56 Å². The first-order chi connectivity index (χ1) is 10.5. The highest BCUT2D eigenvalue weighted by Crippen LogP contribution is 2.29. The lowest BCUT2D eigenvalue weighted by Gasteiger charge is -2.30. The monoisotopic (exact) mass is 322 g/mol. The minimum Gasteiger partial charge on any atom is -0.293 e. The third-order valence-corrected chi connectivity index (χ3v) is 6.13. The van der Waals surface area contributed by atoms with Crippen molar-refractivity contribution in [3.8, 4) is 0 Å². The van der Waals surface area contributed by atoms with Crippen LogP contribution in [0, 0.1) is 6.92 Å². The molecule has 1 fully saturated rings. The molecule has 2 heterocycles. The Labute approximate surface area is 128 Å². The second kappa shape index (κ2) is 5.69. The zero-order valence-electron chi connectivity index (χ0n) is 12.2. The van der Waals surface area contributed by atoms with Crippen molar-refractivity contribution < 1.29 is 8.42 Å². The van der Waals surface area contributed by atoms with Crippen molar-refractivity contribution in [3.05, 3.63) is 46.1 Å². The van der Waals surface area contributed by atoms with Gasteiger partial charge in [-0.15, -0.1) is 0 Å². The fourth-order valence-electron chi connectivity index (χ4n) is 2.83. The number of nitrogens with zero attached hydrogens (tertiary/aromatic N) is 2. The van der Waals surface area contributed by atoms with E-state index < -0.39 is 10.0 Å². The van der Waals surface area contributed by atoms with E-state index in [1.54, 1.807) is 25.1 Å². The van der Waals surface area contributed by atoms with E-state index in [1.165, 1.54) is 4.31 Å². The SMILES string of the molecule is Cc1ccccc1S(=O)(=O)N1CCC(c2n[nH]c(=O)[nH]2)CC1. The van der Waals surface area contributed by atoms with Crippen LogP contribution in [0.2, 0.25) is 0 Å². The molecule has 1 aliphatic heterocycles. The van der Waals surface area contributed by atoms with Gasteiger partial charge in [0.2, 0.25) is 10.0 Å². The van der Waals surface area contributed by atoms with Gasteiger partial charge in [-0.25, -0.2) is 18.3 Å². The van der Waals surface area contributed by atoms with Crippen molar-refractivity contribution in [1.29, 1.82) is 0 Å². The Hall–Kier alpha value is -1.93. The first-order valence-corrected chi connectivity index (χ1v) is 8.63. The second-order valence-corrected chi connectivity index (χ2v) is 7.41. The highest BCUT2D eigenvalue weighted by atomic mass is 32.2. The Balaban J connectivity index is 1.76. The summed E-state index contributed by atoms with van der Waals surface area (Å²) in [5, 5.41) is 6.29. The fraction of sp³-hybridized carbons (Fsp3) is 0.429. The van der Waals surface area contributed by atoms with Crippen molar-refractivity contribution in [2.45, 2.75) is 30.6 Å². The fourth-order valence-corrected chi connectivity index (χ4v) is 4.53. The molecule has 0 radical (unpaired) electrons. The third-order valence-electron chi connectivity index (χ3n) is 4.07. The number of aromatic nitrogens is 3. The molecule has 0 spiro atoms. The molecule has 1 aliphatic rings. The molecule has 8 heteroatoms. The van der Waals surface area contributed by atoms with Gasteiger partial charge in [-0.2, -0.15) is 9.40 Å². The third kappa shape index (κ3) is 2.71. The van der Waals surface area contributed by atoms with Crippen LogP contribution in [0.4, 0.5) is 0 Å². The molecule has 0 saturated carbocycles. The molecule has 1 aromatic heterocycles. The molecule has 0 atom stereocenters. The highest BCUT2D eigenvalue weighted by molar-refractivity contribution is 7.89. The Morgan fingerprint density at radius 2 is 1.91 bits per heavy atom. The Kier molecular flexibility index (Phi) is 3.88. The molecule has 118 valence electrons. The first kappa shape index (κ1) is 15.0. The predicted octanol–water partition coefficient (Wildman–Crippen LogP) is 0.975. The minimum absolute atomic E-state index is 0.0854. The van der Waals surface area contributed by atoms with Crippen molar-refractivity contribution in [2.75, 3.05) is 13.1 Å². The smallest absolute Gasteiger partial charge is 0.293 e. The summed E-state index contributed by atoms with van der Waals surface area (Å²) in [5.41, 5.74) is 0.422. The molecule has 22 heavy (non-hydrogen) atoms. The van der Waals surface area contributed by atoms with Gasteiger partial charge < -0.3 is 0 Å². The largest absolute Gasteiger partial charge is 0.340 e. The van der Waals surface area contributed by atoms with Gasteiger partial charge in [0.25, 0.3) is 0 Å². The van der Waals surface area contributed by atoms with Gasteiger partial charge in [-0.05, 0) is 31.4 Å². The van der Waals surface area contributed by atoms with E-state index >= 15 is 0 Å². The van der Waals surface area contributed by atoms with Gasteiger partial charge in [0.05, 0.1) is 4.90 Å². The minimum atomic E-state index is -3.46. The number of aromatic amines is 2. The number of benzene rings is 1. The van der Waals surface area contributed by atoms with Crippen molar-refractivity contribution in [3.63, 3.8) is 0 Å². The Morgan fingerprint density at radius 3 is 2.50 bits per heavy atom. The number of hydrogen-bond acceptors (Lipinski definition) is 4. The molecular formula is C14H18N4O3S. The summed E-state index contributed by atoms with van der Waals surface area (Å²) in [6.45, 7) is 2.65. The Bertz CT molecular complexity index is 816. The lowest BCUT2D eigenvalue weighted by atomic mass is 9.98. The van der Waals surface area contributed by atoms with Gasteiger partial charge in [-0.1, -0.05) is 18.2 Å². The van der Waals surface area contributed by atoms with Crippen LogP contribution in [-0.2, 0) is 10.0 Å². The summed E-state index contributed by atoms with van der Waals surface area (Å²) in [6.07, 6.45) is 1.29. The normalized spacial score (nSPS) is 17.7. The van der Waals surface area contributed by atoms with E-state index in [2.05, 4.69) is 15.2 Å². The van der Waals surface area contributed by atoms with Crippen LogP contribution in [0.1, 0.15) is 30.1 Å². The highest BCUT2D eigenvalue weighted by Gasteiger charge is 2.31. The van der Waals surface area contributed by atoms with Crippen molar-refractivity contribution in [2.24, 2.45) is 0 Å². The molecule has 2 aromatic rings. The molecule has 0 amide bonds. The molecule has 0 aliphatic carbocycles. The van der Waals surface area contributed by atoms with E-state index in [4.69, 9.17) is 0 Å². The number of rotatable bonds is 3. The molecular weight excluding hydrogens is 304 g/mol. The zero-order valence-corrected chi connectivity index (χ0v) is 13.1. The maximum Gasteiger partial charge on any atom is 0.340 e. The number of piperidine rings is 1. The summed E-state index contributed by atoms with van der Waals surface area (Å²) in [6, 6.07) is 7.01. The zero-order chi connectivity index (χ0) is 15.7. The van der Waals surface area contributed by atoms with Crippen molar-refractivity contribution >= 4 is 10.0 Å². The molecule has 1 aromatic carbocycles. The van der Waals surface area contributed by atoms with E-state index in [1.807, 2.05) is 6.07 Å². The number of nitrogens with one attached hydrogen (secondary N) is 2. The molecule has 0 unspecified atom stereocenters. The maximum atomic E-state index is 12.7. The van der Waals surface area contributed by atoms with E-state index in [-0.39, 0.29) is 11.6 Å². The van der Waals surface area contributed by atoms with Crippen LogP contribution in [0.25, 0.3) is 0 Å². The van der Waals surface area contributed by atoms with Gasteiger partial charge in [0.15, 0.2) is 0 Å². The van der Waals surface area contributed by atoms with Gasteiger partial charge in [0, 0.05) is 19.0 Å². The summed E-state index contributed by atoms with van der Waals surface area (Å²) in [5.74, 6) is 0.695. The molecule has 0 bridgehead atoms. The lowest BCUT2D eigenvalue weighted by molar-refractivity contribution is 0.313. The maximum absolute atomic E-state index is 12.7. The van der Waals surface area contributed by atoms with Gasteiger partial charge in [0.1, 0.15) is 5.82 Å². The number of aryl methyl sites for hydroxylation is 1. The summed E-state index contributed by atoms with van der Waals surface area (Å²) < 4.78 is 26.9. The second-order valence-electron chi connectivity index (χ2n) is 5.51. The van der Waals surface area contributed by atoms with E-state index in [0.29, 0.717) is 36.7 Å². The van der Waals surface area contributed by atoms with Gasteiger partial charge in [-0.3, -0.25) is 4.98 Å². The van der Waals surface area contributed by atoms with Crippen LogP contribution in [0.5, 0.6) is 0 Å². The van der Waals surface area contributed by atoms with Crippen LogP contribution in [0.3, 0.4) is 0 Å². The number of H-pyrrole nitrogens is 2. The summed E-state index contributed by atoms with van der Waals surface area (Å²) in [4.78, 5) is 14.1. The van der Waals surface area contributed by atoms with Crippen LogP contribution in [0.15, 0.2) is 34.0 Å². The topological polar surface area (TPSA) is 98.9 Å². The average molecular weight is 322 g/mol. The first-order valence-electron chi connectivity index (χ1n) is 7.19. The summed E-state index contributed by atoms with van der Waals surface area (Å²) in [7, 11) is -3.46. The van der Waals surface area contributed by atoms with E-state index in [9.17, 15) is 13.2 Å². The van der Waals surface area contributed by atoms with Crippen LogP contribution < -0.4 is 5.69 Å². The molecule has 3 rings (SSSR count). The molecule has 2 N–H and O–H groups in total. The number of hydrogen-bond donors (Lipinski definition) is 2. The average Bonchev–Trinajstić information content (AvgIpc) is 2.94. The molecule has 1 saturated heterocycles. The predicted molar refractivity (Wildman–Crippen MR) is 81.1 cm³/mol. The van der Waals surface area contributed by atoms with Crippen molar-refractivity contribution in [1.82, 2.24) is 19.5 Å².